The van der Waals surface area contributed by atoms with Crippen LogP contribution in [0.25, 0.3) is 5.76 Å². The molecule has 0 radical (unpaired) electrons. The molecule has 2 aliphatic heterocycles. The van der Waals surface area contributed by atoms with Gasteiger partial charge in [-0.2, -0.15) is 5.10 Å². The van der Waals surface area contributed by atoms with Crippen LogP contribution in [0.15, 0.2) is 42.5 Å². The van der Waals surface area contributed by atoms with E-state index in [9.17, 15) is 9.90 Å². The molecule has 2 aromatic rings. The van der Waals surface area contributed by atoms with Crippen LogP contribution in [0.5, 0.6) is 0 Å². The lowest BCUT2D eigenvalue weighted by Crippen LogP contribution is -2.59. The largest absolute Gasteiger partial charge is 0.491 e. The minimum atomic E-state index is -0.873. The van der Waals surface area contributed by atoms with Crippen molar-refractivity contribution in [2.24, 2.45) is 5.92 Å². The van der Waals surface area contributed by atoms with Gasteiger partial charge >= 0.3 is 0 Å². The Labute approximate surface area is 170 Å². The zero-order valence-electron chi connectivity index (χ0n) is 16.5. The fourth-order valence-electron chi connectivity index (χ4n) is 5.33. The highest BCUT2D eigenvalue weighted by atomic mass is 16.5. The van der Waals surface area contributed by atoms with Crippen molar-refractivity contribution < 1.29 is 14.6 Å². The third-order valence-corrected chi connectivity index (χ3v) is 6.78. The van der Waals surface area contributed by atoms with Gasteiger partial charge in [0, 0.05) is 31.0 Å². The SMILES string of the molecule is O=C(c1cc(C2=CCCO2)[nH]n1)N1CC[C@](O)(c2ccccc2)[C@H]2CCCC[C@H]21. The molecule has 1 aromatic heterocycles. The molecule has 3 atom stereocenters. The van der Waals surface area contributed by atoms with Crippen LogP contribution in [-0.4, -0.2) is 45.3 Å². The summed E-state index contributed by atoms with van der Waals surface area (Å²) in [6.07, 6.45) is 7.49. The fourth-order valence-corrected chi connectivity index (χ4v) is 5.33. The first-order valence-corrected chi connectivity index (χ1v) is 10.6. The zero-order chi connectivity index (χ0) is 19.8. The second-order valence-electron chi connectivity index (χ2n) is 8.37. The number of hydrogen-bond acceptors (Lipinski definition) is 4. The minimum absolute atomic E-state index is 0.0392. The average molecular weight is 393 g/mol. The topological polar surface area (TPSA) is 78.5 Å². The van der Waals surface area contributed by atoms with Crippen molar-refractivity contribution in [3.05, 3.63) is 59.4 Å². The number of rotatable bonds is 3. The number of piperidine rings is 1. The van der Waals surface area contributed by atoms with Gasteiger partial charge in [0.25, 0.3) is 5.91 Å². The predicted molar refractivity (Wildman–Crippen MR) is 109 cm³/mol. The van der Waals surface area contributed by atoms with Gasteiger partial charge in [0.1, 0.15) is 11.5 Å². The molecule has 6 nitrogen and oxygen atoms in total. The second kappa shape index (κ2) is 7.34. The van der Waals surface area contributed by atoms with E-state index < -0.39 is 5.60 Å². The molecule has 1 saturated carbocycles. The normalized spacial score (nSPS) is 29.1. The number of H-pyrrole nitrogens is 1. The van der Waals surface area contributed by atoms with Gasteiger partial charge < -0.3 is 14.7 Å². The lowest BCUT2D eigenvalue weighted by molar-refractivity contribution is -0.110. The molecule has 2 N–H and O–H groups in total. The number of ether oxygens (including phenoxy) is 1. The molecule has 3 heterocycles. The molecule has 1 amide bonds. The van der Waals surface area contributed by atoms with Gasteiger partial charge in [0.15, 0.2) is 5.69 Å². The molecule has 0 spiro atoms. The molecular formula is C23H27N3O3. The maximum absolute atomic E-state index is 13.3. The number of fused-ring (bicyclic) bond motifs is 1. The van der Waals surface area contributed by atoms with Gasteiger partial charge in [0.2, 0.25) is 0 Å². The van der Waals surface area contributed by atoms with Gasteiger partial charge in [-0.15, -0.1) is 0 Å². The number of carbonyl (C=O) groups is 1. The van der Waals surface area contributed by atoms with Crippen molar-refractivity contribution in [1.82, 2.24) is 15.1 Å². The first-order valence-electron chi connectivity index (χ1n) is 10.6. The van der Waals surface area contributed by atoms with Crippen molar-refractivity contribution in [3.63, 3.8) is 0 Å². The molecule has 1 aliphatic carbocycles. The molecule has 6 heteroatoms. The molecule has 1 saturated heterocycles. The van der Waals surface area contributed by atoms with Gasteiger partial charge in [-0.1, -0.05) is 43.2 Å². The maximum atomic E-state index is 13.3. The van der Waals surface area contributed by atoms with E-state index in [4.69, 9.17) is 4.74 Å². The summed E-state index contributed by atoms with van der Waals surface area (Å²) < 4.78 is 5.57. The highest BCUT2D eigenvalue weighted by Crippen LogP contribution is 2.47. The first kappa shape index (κ1) is 18.4. The highest BCUT2D eigenvalue weighted by molar-refractivity contribution is 5.93. The summed E-state index contributed by atoms with van der Waals surface area (Å²) in [4.78, 5) is 15.3. The number of aliphatic hydroxyl groups is 1. The second-order valence-corrected chi connectivity index (χ2v) is 8.37. The highest BCUT2D eigenvalue weighted by Gasteiger charge is 2.50. The summed E-state index contributed by atoms with van der Waals surface area (Å²) in [6, 6.07) is 11.8. The van der Waals surface area contributed by atoms with E-state index in [0.29, 0.717) is 25.3 Å². The smallest absolute Gasteiger partial charge is 0.274 e. The van der Waals surface area contributed by atoms with E-state index in [2.05, 4.69) is 10.2 Å². The lowest BCUT2D eigenvalue weighted by atomic mass is 9.66. The molecule has 0 unspecified atom stereocenters. The van der Waals surface area contributed by atoms with E-state index in [1.165, 1.54) is 0 Å². The van der Waals surface area contributed by atoms with Crippen molar-refractivity contribution in [3.8, 4) is 0 Å². The van der Waals surface area contributed by atoms with E-state index in [0.717, 1.165) is 49.1 Å². The number of likely N-dealkylation sites (tertiary alicyclic amines) is 1. The Kier molecular flexibility index (Phi) is 4.66. The quantitative estimate of drug-likeness (QED) is 0.837. The van der Waals surface area contributed by atoms with Crippen LogP contribution in [-0.2, 0) is 10.3 Å². The number of nitrogens with one attached hydrogen (secondary N) is 1. The van der Waals surface area contributed by atoms with Crippen LogP contribution < -0.4 is 0 Å². The van der Waals surface area contributed by atoms with Crippen LogP contribution in [0.3, 0.4) is 0 Å². The third kappa shape index (κ3) is 3.15. The molecule has 0 bridgehead atoms. The Morgan fingerprint density at radius 3 is 2.86 bits per heavy atom. The van der Waals surface area contributed by atoms with Crippen LogP contribution in [0.2, 0.25) is 0 Å². The van der Waals surface area contributed by atoms with Gasteiger partial charge in [-0.25, -0.2) is 0 Å². The number of hydrogen-bond donors (Lipinski definition) is 2. The number of amides is 1. The van der Waals surface area contributed by atoms with Gasteiger partial charge in [-0.3, -0.25) is 9.89 Å². The standard InChI is InChI=1S/C23H27N3O3/c27-22(19-15-18(24-25-19)21-11-6-14-29-21)26-13-12-23(28,16-7-2-1-3-8-16)17-9-4-5-10-20(17)26/h1-3,7-8,11,15,17,20,28H,4-6,9-10,12-14H2,(H,24,25)/t17-,20+,23-/m0/s1. The first-order chi connectivity index (χ1) is 14.2. The van der Waals surface area contributed by atoms with E-state index in [-0.39, 0.29) is 17.9 Å². The Bertz CT molecular complexity index is 922. The van der Waals surface area contributed by atoms with Crippen LogP contribution in [0.1, 0.15) is 60.3 Å². The molecule has 152 valence electrons. The molecular weight excluding hydrogens is 366 g/mol. The monoisotopic (exact) mass is 393 g/mol. The van der Waals surface area contributed by atoms with Crippen LogP contribution >= 0.6 is 0 Å². The summed E-state index contributed by atoms with van der Waals surface area (Å²) in [5.74, 6) is 0.762. The predicted octanol–water partition coefficient (Wildman–Crippen LogP) is 3.46. The van der Waals surface area contributed by atoms with Gasteiger partial charge in [0.05, 0.1) is 12.2 Å². The Morgan fingerprint density at radius 2 is 2.07 bits per heavy atom. The van der Waals surface area contributed by atoms with Crippen molar-refractivity contribution in [2.75, 3.05) is 13.2 Å². The van der Waals surface area contributed by atoms with Crippen molar-refractivity contribution >= 4 is 11.7 Å². The van der Waals surface area contributed by atoms with Crippen molar-refractivity contribution in [2.45, 2.75) is 50.2 Å². The zero-order valence-corrected chi connectivity index (χ0v) is 16.5. The number of aromatic amines is 1. The van der Waals surface area contributed by atoms with E-state index in [1.807, 2.05) is 41.3 Å². The third-order valence-electron chi connectivity index (χ3n) is 6.78. The van der Waals surface area contributed by atoms with Gasteiger partial charge in [-0.05, 0) is 30.9 Å². The van der Waals surface area contributed by atoms with Crippen LogP contribution in [0, 0.1) is 5.92 Å². The number of aromatic nitrogens is 2. The fraction of sp³-hybridized carbons (Fsp3) is 0.478. The summed E-state index contributed by atoms with van der Waals surface area (Å²) >= 11 is 0. The number of nitrogens with zero attached hydrogens (tertiary/aromatic N) is 2. The minimum Gasteiger partial charge on any atom is -0.491 e. The average Bonchev–Trinajstić information content (AvgIpc) is 3.46. The summed E-state index contributed by atoms with van der Waals surface area (Å²) in [5, 5.41) is 18.9. The number of carbonyl (C=O) groups excluding carboxylic acids is 1. The lowest BCUT2D eigenvalue weighted by Gasteiger charge is -2.52. The molecule has 2 fully saturated rings. The Morgan fingerprint density at radius 1 is 1.24 bits per heavy atom. The molecule has 5 rings (SSSR count). The Hall–Kier alpha value is -2.60. The molecule has 29 heavy (non-hydrogen) atoms. The summed E-state index contributed by atoms with van der Waals surface area (Å²) in [5.41, 5.74) is 1.27. The maximum Gasteiger partial charge on any atom is 0.274 e. The van der Waals surface area contributed by atoms with Crippen LogP contribution in [0.4, 0.5) is 0 Å². The summed E-state index contributed by atoms with van der Waals surface area (Å²) in [6.45, 7) is 1.21. The van der Waals surface area contributed by atoms with E-state index in [1.54, 1.807) is 6.07 Å². The van der Waals surface area contributed by atoms with E-state index >= 15 is 0 Å². The Balaban J connectivity index is 1.41. The van der Waals surface area contributed by atoms with Crippen molar-refractivity contribution in [1.29, 1.82) is 0 Å². The number of benzene rings is 1. The molecule has 1 aromatic carbocycles. The summed E-state index contributed by atoms with van der Waals surface area (Å²) in [7, 11) is 0. The molecule has 3 aliphatic rings.